The van der Waals surface area contributed by atoms with Crippen LogP contribution in [0.15, 0.2) is 15.9 Å². The van der Waals surface area contributed by atoms with Crippen molar-refractivity contribution >= 4 is 33.2 Å². The zero-order valence-electron chi connectivity index (χ0n) is 9.11. The second-order valence-corrected chi connectivity index (χ2v) is 5.50. The summed E-state index contributed by atoms with van der Waals surface area (Å²) in [4.78, 5) is 15.0. The van der Waals surface area contributed by atoms with Crippen LogP contribution in [0, 0.1) is 0 Å². The van der Waals surface area contributed by atoms with E-state index in [1.165, 1.54) is 11.3 Å². The lowest BCUT2D eigenvalue weighted by atomic mass is 10.1. The summed E-state index contributed by atoms with van der Waals surface area (Å²) >= 11 is 4.89. The number of carbonyl (C=O) groups excluding carboxylic acids is 1. The lowest BCUT2D eigenvalue weighted by Gasteiger charge is -2.34. The minimum absolute atomic E-state index is 0.122. The van der Waals surface area contributed by atoms with Gasteiger partial charge in [0, 0.05) is 11.0 Å². The van der Waals surface area contributed by atoms with Gasteiger partial charge in [0.15, 0.2) is 0 Å². The highest BCUT2D eigenvalue weighted by Gasteiger charge is 2.28. The molecule has 2 rings (SSSR count). The molecular formula is C11H14BrNO2S. The summed E-state index contributed by atoms with van der Waals surface area (Å²) in [5, 5.41) is 1.93. The van der Waals surface area contributed by atoms with Crippen LogP contribution < -0.4 is 0 Å². The van der Waals surface area contributed by atoms with Crippen molar-refractivity contribution in [1.82, 2.24) is 4.90 Å². The molecule has 1 atom stereocenters. The third kappa shape index (κ3) is 2.31. The quantitative estimate of drug-likeness (QED) is 0.841. The summed E-state index contributed by atoms with van der Waals surface area (Å²) < 4.78 is 6.29. The highest BCUT2D eigenvalue weighted by atomic mass is 79.9. The Morgan fingerprint density at radius 3 is 3.19 bits per heavy atom. The van der Waals surface area contributed by atoms with E-state index in [-0.39, 0.29) is 11.9 Å². The smallest absolute Gasteiger partial charge is 0.265 e. The highest BCUT2D eigenvalue weighted by molar-refractivity contribution is 9.10. The molecule has 0 saturated carbocycles. The van der Waals surface area contributed by atoms with Gasteiger partial charge in [0.1, 0.15) is 4.88 Å². The van der Waals surface area contributed by atoms with E-state index >= 15 is 0 Å². The van der Waals surface area contributed by atoms with Crippen molar-refractivity contribution in [2.45, 2.75) is 19.4 Å². The maximum atomic E-state index is 12.3. The van der Waals surface area contributed by atoms with Gasteiger partial charge in [-0.15, -0.1) is 11.3 Å². The molecule has 0 aromatic carbocycles. The Hall–Kier alpha value is -0.390. The molecule has 1 fully saturated rings. The molecule has 3 nitrogen and oxygen atoms in total. The van der Waals surface area contributed by atoms with E-state index in [9.17, 15) is 4.79 Å². The number of rotatable bonds is 2. The van der Waals surface area contributed by atoms with Gasteiger partial charge in [-0.05, 0) is 33.8 Å². The fourth-order valence-corrected chi connectivity index (χ4v) is 3.33. The molecule has 2 heterocycles. The van der Waals surface area contributed by atoms with Gasteiger partial charge in [0.25, 0.3) is 5.91 Å². The van der Waals surface area contributed by atoms with E-state index in [4.69, 9.17) is 4.74 Å². The van der Waals surface area contributed by atoms with E-state index in [1.54, 1.807) is 0 Å². The second-order valence-electron chi connectivity index (χ2n) is 3.73. The van der Waals surface area contributed by atoms with Crippen molar-refractivity contribution in [3.8, 4) is 0 Å². The third-order valence-electron chi connectivity index (χ3n) is 2.77. The summed E-state index contributed by atoms with van der Waals surface area (Å²) in [6, 6.07) is 2.13. The molecule has 5 heteroatoms. The molecule has 1 saturated heterocycles. The SMILES string of the molecule is CCC1COCCN1C(=O)c1sccc1Br. The summed E-state index contributed by atoms with van der Waals surface area (Å²) in [6.07, 6.45) is 0.939. The van der Waals surface area contributed by atoms with Crippen LogP contribution in [-0.4, -0.2) is 36.6 Å². The molecule has 1 aliphatic heterocycles. The van der Waals surface area contributed by atoms with Gasteiger partial charge in [-0.3, -0.25) is 4.79 Å². The Balaban J connectivity index is 2.17. The molecule has 0 N–H and O–H groups in total. The molecule has 1 aromatic heterocycles. The predicted octanol–water partition coefficient (Wildman–Crippen LogP) is 2.76. The van der Waals surface area contributed by atoms with Crippen molar-refractivity contribution in [1.29, 1.82) is 0 Å². The van der Waals surface area contributed by atoms with E-state index in [1.807, 2.05) is 16.3 Å². The number of nitrogens with zero attached hydrogens (tertiary/aromatic N) is 1. The third-order valence-corrected chi connectivity index (χ3v) is 4.60. The van der Waals surface area contributed by atoms with Gasteiger partial charge in [0.2, 0.25) is 0 Å². The summed E-state index contributed by atoms with van der Waals surface area (Å²) in [5.41, 5.74) is 0. The van der Waals surface area contributed by atoms with Gasteiger partial charge >= 0.3 is 0 Å². The number of carbonyl (C=O) groups is 1. The predicted molar refractivity (Wildman–Crippen MR) is 68.0 cm³/mol. The summed E-state index contributed by atoms with van der Waals surface area (Å²) in [6.45, 7) is 4.08. The Labute approximate surface area is 108 Å². The molecule has 1 aromatic rings. The monoisotopic (exact) mass is 303 g/mol. The van der Waals surface area contributed by atoms with Crippen LogP contribution in [0.4, 0.5) is 0 Å². The van der Waals surface area contributed by atoms with Gasteiger partial charge < -0.3 is 9.64 Å². The topological polar surface area (TPSA) is 29.5 Å². The standard InChI is InChI=1S/C11H14BrNO2S/c1-2-8-7-15-5-4-13(8)11(14)10-9(12)3-6-16-10/h3,6,8H,2,4-5,7H2,1H3. The van der Waals surface area contributed by atoms with E-state index in [0.717, 1.165) is 15.8 Å². The number of hydrogen-bond acceptors (Lipinski definition) is 3. The van der Waals surface area contributed by atoms with Gasteiger partial charge in [0.05, 0.1) is 19.3 Å². The first kappa shape index (κ1) is 12.1. The first-order valence-corrected chi connectivity index (χ1v) is 7.03. The first-order valence-electron chi connectivity index (χ1n) is 5.35. The average Bonchev–Trinajstić information content (AvgIpc) is 2.74. The van der Waals surface area contributed by atoms with Crippen molar-refractivity contribution in [2.75, 3.05) is 19.8 Å². The minimum Gasteiger partial charge on any atom is -0.377 e. The van der Waals surface area contributed by atoms with Crippen LogP contribution in [0.3, 0.4) is 0 Å². The van der Waals surface area contributed by atoms with Crippen molar-refractivity contribution in [3.63, 3.8) is 0 Å². The number of ether oxygens (including phenoxy) is 1. The Bertz CT molecular complexity index is 380. The summed E-state index contributed by atoms with van der Waals surface area (Å²) in [5.74, 6) is 0.122. The van der Waals surface area contributed by atoms with Gasteiger partial charge in [-0.1, -0.05) is 6.92 Å². The van der Waals surface area contributed by atoms with Gasteiger partial charge in [-0.2, -0.15) is 0 Å². The Morgan fingerprint density at radius 2 is 2.56 bits per heavy atom. The zero-order valence-corrected chi connectivity index (χ0v) is 11.5. The summed E-state index contributed by atoms with van der Waals surface area (Å²) in [7, 11) is 0. The molecule has 0 spiro atoms. The molecular weight excluding hydrogens is 290 g/mol. The maximum absolute atomic E-state index is 12.3. The van der Waals surface area contributed by atoms with Crippen LogP contribution in [0.25, 0.3) is 0 Å². The first-order chi connectivity index (χ1) is 7.74. The lowest BCUT2D eigenvalue weighted by molar-refractivity contribution is -0.00258. The molecule has 1 unspecified atom stereocenters. The van der Waals surface area contributed by atoms with Crippen molar-refractivity contribution < 1.29 is 9.53 Å². The average molecular weight is 304 g/mol. The van der Waals surface area contributed by atoms with E-state index < -0.39 is 0 Å². The van der Waals surface area contributed by atoms with Crippen LogP contribution in [0.1, 0.15) is 23.0 Å². The molecule has 0 radical (unpaired) electrons. The van der Waals surface area contributed by atoms with E-state index in [0.29, 0.717) is 19.8 Å². The molecule has 0 bridgehead atoms. The minimum atomic E-state index is 0.122. The lowest BCUT2D eigenvalue weighted by Crippen LogP contribution is -2.48. The van der Waals surface area contributed by atoms with E-state index in [2.05, 4.69) is 22.9 Å². The largest absolute Gasteiger partial charge is 0.377 e. The highest BCUT2D eigenvalue weighted by Crippen LogP contribution is 2.26. The number of hydrogen-bond donors (Lipinski definition) is 0. The molecule has 88 valence electrons. The van der Waals surface area contributed by atoms with Crippen molar-refractivity contribution in [3.05, 3.63) is 20.8 Å². The molecule has 1 aliphatic rings. The number of amides is 1. The van der Waals surface area contributed by atoms with Crippen LogP contribution in [0.5, 0.6) is 0 Å². The molecule has 16 heavy (non-hydrogen) atoms. The second kappa shape index (κ2) is 5.29. The van der Waals surface area contributed by atoms with Crippen molar-refractivity contribution in [2.24, 2.45) is 0 Å². The fourth-order valence-electron chi connectivity index (χ4n) is 1.84. The number of thiophene rings is 1. The Morgan fingerprint density at radius 1 is 1.75 bits per heavy atom. The van der Waals surface area contributed by atoms with Gasteiger partial charge in [-0.25, -0.2) is 0 Å². The van der Waals surface area contributed by atoms with Crippen LogP contribution in [0.2, 0.25) is 0 Å². The maximum Gasteiger partial charge on any atom is 0.265 e. The molecule has 0 aliphatic carbocycles. The van der Waals surface area contributed by atoms with Crippen LogP contribution >= 0.6 is 27.3 Å². The molecule has 1 amide bonds. The zero-order chi connectivity index (χ0) is 11.5. The van der Waals surface area contributed by atoms with Crippen LogP contribution in [-0.2, 0) is 4.74 Å². The normalized spacial score (nSPS) is 21.1. The number of morpholine rings is 1. The number of halogens is 1. The fraction of sp³-hybridized carbons (Fsp3) is 0.545. The Kier molecular flexibility index (Phi) is 4.00.